The standard InChI is InChI=1S/C25H29F3O/c1-3-4-9-29-20-12-19-13-21(26)23(25(28)24(19)22(27)14-20)18-8-7-16-10-15(2)5-6-17(16)11-18/h3-4,12-18H,5-11H2,1-2H3. The lowest BCUT2D eigenvalue weighted by molar-refractivity contribution is 0.123. The summed E-state index contributed by atoms with van der Waals surface area (Å²) in [5.74, 6) is 0.0763. The minimum Gasteiger partial charge on any atom is -0.489 e. The molecule has 0 saturated heterocycles. The molecular weight excluding hydrogens is 373 g/mol. The Morgan fingerprint density at radius 1 is 0.966 bits per heavy atom. The molecule has 2 aromatic carbocycles. The van der Waals surface area contributed by atoms with Crippen LogP contribution in [-0.2, 0) is 0 Å². The Balaban J connectivity index is 1.65. The molecule has 2 aromatic rings. The molecule has 0 amide bonds. The van der Waals surface area contributed by atoms with Crippen molar-refractivity contribution in [1.82, 2.24) is 0 Å². The molecule has 0 radical (unpaired) electrons. The zero-order valence-electron chi connectivity index (χ0n) is 17.2. The molecule has 1 nitrogen and oxygen atoms in total. The molecule has 0 N–H and O–H groups in total. The van der Waals surface area contributed by atoms with E-state index in [1.54, 1.807) is 6.08 Å². The first-order valence-electron chi connectivity index (χ1n) is 10.8. The average molecular weight is 403 g/mol. The zero-order valence-corrected chi connectivity index (χ0v) is 17.2. The van der Waals surface area contributed by atoms with Gasteiger partial charge in [0, 0.05) is 11.6 Å². The maximum Gasteiger partial charge on any atom is 0.140 e. The lowest BCUT2D eigenvalue weighted by Crippen LogP contribution is -2.30. The second-order valence-corrected chi connectivity index (χ2v) is 8.92. The number of hydrogen-bond donors (Lipinski definition) is 0. The predicted octanol–water partition coefficient (Wildman–Crippen LogP) is 7.53. The summed E-state index contributed by atoms with van der Waals surface area (Å²) in [6, 6.07) is 3.97. The van der Waals surface area contributed by atoms with Gasteiger partial charge in [-0.25, -0.2) is 13.2 Å². The van der Waals surface area contributed by atoms with E-state index in [0.717, 1.165) is 31.6 Å². The van der Waals surface area contributed by atoms with Crippen LogP contribution in [0.15, 0.2) is 30.4 Å². The van der Waals surface area contributed by atoms with Gasteiger partial charge in [0.05, 0.1) is 5.39 Å². The smallest absolute Gasteiger partial charge is 0.140 e. The van der Waals surface area contributed by atoms with E-state index in [-0.39, 0.29) is 34.6 Å². The van der Waals surface area contributed by atoms with Gasteiger partial charge in [-0.1, -0.05) is 25.5 Å². The van der Waals surface area contributed by atoms with E-state index < -0.39 is 17.5 Å². The van der Waals surface area contributed by atoms with Crippen LogP contribution in [0.5, 0.6) is 5.75 Å². The van der Waals surface area contributed by atoms with Crippen LogP contribution in [0.4, 0.5) is 13.2 Å². The fraction of sp³-hybridized carbons (Fsp3) is 0.520. The molecule has 4 rings (SSSR count). The molecule has 2 aliphatic rings. The summed E-state index contributed by atoms with van der Waals surface area (Å²) >= 11 is 0. The van der Waals surface area contributed by atoms with Crippen molar-refractivity contribution < 1.29 is 17.9 Å². The Hall–Kier alpha value is -1.97. The maximum absolute atomic E-state index is 15.4. The summed E-state index contributed by atoms with van der Waals surface area (Å²) in [5, 5.41) is 0.0820. The Morgan fingerprint density at radius 2 is 1.72 bits per heavy atom. The van der Waals surface area contributed by atoms with E-state index >= 15 is 8.78 Å². The maximum atomic E-state index is 15.4. The van der Waals surface area contributed by atoms with Gasteiger partial charge < -0.3 is 4.74 Å². The lowest BCUT2D eigenvalue weighted by atomic mass is 9.64. The molecule has 4 unspecified atom stereocenters. The number of ether oxygens (including phenoxy) is 1. The van der Waals surface area contributed by atoms with Gasteiger partial charge >= 0.3 is 0 Å². The van der Waals surface area contributed by atoms with Gasteiger partial charge in [-0.05, 0) is 80.2 Å². The summed E-state index contributed by atoms with van der Waals surface area (Å²) in [4.78, 5) is 0. The Kier molecular flexibility index (Phi) is 5.89. The van der Waals surface area contributed by atoms with Crippen LogP contribution in [0.1, 0.15) is 63.9 Å². The first kappa shape index (κ1) is 20.3. The molecule has 156 valence electrons. The van der Waals surface area contributed by atoms with E-state index in [2.05, 4.69) is 6.92 Å². The Labute approximate surface area is 170 Å². The third kappa shape index (κ3) is 4.04. The van der Waals surface area contributed by atoms with Gasteiger partial charge in [0.25, 0.3) is 0 Å². The topological polar surface area (TPSA) is 9.23 Å². The van der Waals surface area contributed by atoms with Crippen LogP contribution < -0.4 is 4.74 Å². The molecule has 2 saturated carbocycles. The number of rotatable bonds is 4. The first-order valence-corrected chi connectivity index (χ1v) is 10.8. The lowest BCUT2D eigenvalue weighted by Gasteiger charge is -2.41. The van der Waals surface area contributed by atoms with Crippen LogP contribution in [0.2, 0.25) is 0 Å². The minimum absolute atomic E-state index is 0.0797. The molecule has 4 heteroatoms. The SMILES string of the molecule is CC=CCOc1cc(F)c2c(F)c(C3CCC4CC(C)CCC4C3)c(F)cc2c1. The Bertz CT molecular complexity index is 920. The summed E-state index contributed by atoms with van der Waals surface area (Å²) in [6.07, 6.45) is 9.77. The third-order valence-corrected chi connectivity index (χ3v) is 6.96. The van der Waals surface area contributed by atoms with Crippen molar-refractivity contribution in [3.8, 4) is 5.75 Å². The normalized spacial score (nSPS) is 27.3. The molecule has 2 fully saturated rings. The molecule has 0 spiro atoms. The van der Waals surface area contributed by atoms with Crippen LogP contribution in [-0.4, -0.2) is 6.61 Å². The number of benzene rings is 2. The zero-order chi connectivity index (χ0) is 20.5. The predicted molar refractivity (Wildman–Crippen MR) is 111 cm³/mol. The van der Waals surface area contributed by atoms with Gasteiger partial charge in [-0.15, -0.1) is 0 Å². The second kappa shape index (κ2) is 8.41. The first-order chi connectivity index (χ1) is 14.0. The monoisotopic (exact) mass is 402 g/mol. The number of hydrogen-bond acceptors (Lipinski definition) is 1. The minimum atomic E-state index is -0.731. The van der Waals surface area contributed by atoms with E-state index in [1.165, 1.54) is 31.0 Å². The van der Waals surface area contributed by atoms with Crippen LogP contribution in [0.25, 0.3) is 10.8 Å². The van der Waals surface area contributed by atoms with Crippen molar-refractivity contribution in [3.05, 3.63) is 53.4 Å². The number of allylic oxidation sites excluding steroid dienone is 1. The fourth-order valence-electron chi connectivity index (χ4n) is 5.49. The average Bonchev–Trinajstić information content (AvgIpc) is 2.67. The third-order valence-electron chi connectivity index (χ3n) is 6.96. The van der Waals surface area contributed by atoms with E-state index in [9.17, 15) is 4.39 Å². The molecule has 0 aliphatic heterocycles. The van der Waals surface area contributed by atoms with Crippen LogP contribution >= 0.6 is 0 Å². The van der Waals surface area contributed by atoms with Crippen molar-refractivity contribution in [3.63, 3.8) is 0 Å². The highest BCUT2D eigenvalue weighted by Crippen LogP contribution is 2.49. The quantitative estimate of drug-likeness (QED) is 0.480. The molecule has 4 atom stereocenters. The number of halogens is 3. The van der Waals surface area contributed by atoms with Crippen LogP contribution in [0, 0.1) is 35.2 Å². The van der Waals surface area contributed by atoms with Crippen molar-refractivity contribution in [2.45, 2.75) is 58.3 Å². The highest BCUT2D eigenvalue weighted by molar-refractivity contribution is 5.86. The fourth-order valence-corrected chi connectivity index (χ4v) is 5.49. The molecule has 0 bridgehead atoms. The van der Waals surface area contributed by atoms with Crippen molar-refractivity contribution in [1.29, 1.82) is 0 Å². The molecule has 29 heavy (non-hydrogen) atoms. The summed E-state index contributed by atoms with van der Waals surface area (Å²) in [6.45, 7) is 4.44. The van der Waals surface area contributed by atoms with Gasteiger partial charge in [-0.2, -0.15) is 0 Å². The highest BCUT2D eigenvalue weighted by atomic mass is 19.1. The van der Waals surface area contributed by atoms with Gasteiger partial charge in [-0.3, -0.25) is 0 Å². The molecule has 0 heterocycles. The molecular formula is C25H29F3O. The molecule has 2 aliphatic carbocycles. The Morgan fingerprint density at radius 3 is 2.52 bits per heavy atom. The van der Waals surface area contributed by atoms with Gasteiger partial charge in [0.15, 0.2) is 0 Å². The van der Waals surface area contributed by atoms with Gasteiger partial charge in [0.2, 0.25) is 0 Å². The summed E-state index contributed by atoms with van der Waals surface area (Å²) in [5.41, 5.74) is 0.0797. The van der Waals surface area contributed by atoms with Crippen molar-refractivity contribution in [2.24, 2.45) is 17.8 Å². The number of fused-ring (bicyclic) bond motifs is 2. The van der Waals surface area contributed by atoms with E-state index in [1.807, 2.05) is 13.0 Å². The van der Waals surface area contributed by atoms with Gasteiger partial charge in [0.1, 0.15) is 29.8 Å². The molecule has 0 aromatic heterocycles. The second-order valence-electron chi connectivity index (χ2n) is 8.92. The summed E-state index contributed by atoms with van der Waals surface area (Å²) in [7, 11) is 0. The largest absolute Gasteiger partial charge is 0.489 e. The van der Waals surface area contributed by atoms with Crippen LogP contribution in [0.3, 0.4) is 0 Å². The van der Waals surface area contributed by atoms with Crippen molar-refractivity contribution >= 4 is 10.8 Å². The van der Waals surface area contributed by atoms with E-state index in [0.29, 0.717) is 11.8 Å². The van der Waals surface area contributed by atoms with Crippen molar-refractivity contribution in [2.75, 3.05) is 6.61 Å². The highest BCUT2D eigenvalue weighted by Gasteiger charge is 2.37. The van der Waals surface area contributed by atoms with E-state index in [4.69, 9.17) is 4.74 Å². The summed E-state index contributed by atoms with van der Waals surface area (Å²) < 4.78 is 50.6.